The molecule has 0 aromatic heterocycles. The van der Waals surface area contributed by atoms with Crippen LogP contribution in [-0.2, 0) is 19.4 Å². The lowest BCUT2D eigenvalue weighted by atomic mass is 10.3. The summed E-state index contributed by atoms with van der Waals surface area (Å²) in [6, 6.07) is 12.7. The van der Waals surface area contributed by atoms with Gasteiger partial charge in [-0.1, -0.05) is 23.7 Å². The second kappa shape index (κ2) is 9.69. The Hall–Kier alpha value is -2.27. The van der Waals surface area contributed by atoms with Crippen LogP contribution in [0.5, 0.6) is 5.75 Å². The second-order valence-corrected chi connectivity index (χ2v) is 10.0. The summed E-state index contributed by atoms with van der Waals surface area (Å²) in [5.74, 6) is -0.317. The molecule has 1 aliphatic rings. The molecule has 0 radical (unpaired) electrons. The van der Waals surface area contributed by atoms with E-state index in [1.165, 1.54) is 31.4 Å². The Bertz CT molecular complexity index is 1030. The van der Waals surface area contributed by atoms with Crippen molar-refractivity contribution >= 4 is 50.7 Å². The summed E-state index contributed by atoms with van der Waals surface area (Å²) >= 11 is 6.94. The van der Waals surface area contributed by atoms with Gasteiger partial charge < -0.3 is 15.4 Å². The summed E-state index contributed by atoms with van der Waals surface area (Å²) in [6.45, 7) is -0.0669. The van der Waals surface area contributed by atoms with E-state index in [9.17, 15) is 18.0 Å². The lowest BCUT2D eigenvalue weighted by Crippen LogP contribution is -2.59. The van der Waals surface area contributed by atoms with Crippen LogP contribution in [0, 0.1) is 0 Å². The van der Waals surface area contributed by atoms with Crippen LogP contribution in [0.2, 0.25) is 5.02 Å². The van der Waals surface area contributed by atoms with E-state index in [4.69, 9.17) is 16.3 Å². The molecule has 30 heavy (non-hydrogen) atoms. The highest BCUT2D eigenvalue weighted by Crippen LogP contribution is 2.24. The van der Waals surface area contributed by atoms with Gasteiger partial charge in [-0.25, -0.2) is 8.42 Å². The van der Waals surface area contributed by atoms with Gasteiger partial charge in [0.15, 0.2) is 15.1 Å². The molecule has 2 unspecified atom stereocenters. The van der Waals surface area contributed by atoms with Gasteiger partial charge in [-0.05, 0) is 36.4 Å². The number of anilines is 1. The number of sulfone groups is 1. The van der Waals surface area contributed by atoms with Gasteiger partial charge in [-0.15, -0.1) is 11.8 Å². The molecule has 1 saturated heterocycles. The molecule has 0 spiro atoms. The van der Waals surface area contributed by atoms with Crippen molar-refractivity contribution in [3.8, 4) is 5.75 Å². The summed E-state index contributed by atoms with van der Waals surface area (Å²) in [7, 11) is -2.36. The van der Waals surface area contributed by atoms with Gasteiger partial charge in [0.25, 0.3) is 0 Å². The Morgan fingerprint density at radius 3 is 2.60 bits per heavy atom. The first-order valence-corrected chi connectivity index (χ1v) is 11.9. The summed E-state index contributed by atoms with van der Waals surface area (Å²) < 4.78 is 30.6. The number of hydrogen-bond donors (Lipinski definition) is 3. The molecule has 0 aliphatic carbocycles. The summed E-state index contributed by atoms with van der Waals surface area (Å²) in [6.07, 6.45) is 0. The minimum absolute atomic E-state index is 0.0242. The zero-order valence-electron chi connectivity index (χ0n) is 15.9. The van der Waals surface area contributed by atoms with E-state index in [1.54, 1.807) is 24.3 Å². The van der Waals surface area contributed by atoms with Crippen LogP contribution >= 0.6 is 23.4 Å². The van der Waals surface area contributed by atoms with Crippen molar-refractivity contribution in [3.05, 3.63) is 53.6 Å². The maximum Gasteiger partial charge on any atom is 0.241 e. The van der Waals surface area contributed by atoms with Gasteiger partial charge >= 0.3 is 0 Å². The number of carbonyl (C=O) groups is 2. The zero-order valence-corrected chi connectivity index (χ0v) is 18.3. The van der Waals surface area contributed by atoms with Crippen LogP contribution < -0.4 is 20.7 Å². The van der Waals surface area contributed by atoms with Crippen molar-refractivity contribution in [2.24, 2.45) is 0 Å². The number of thioether (sulfide) groups is 1. The number of nitrogens with one attached hydrogen (secondary N) is 3. The Balaban J connectivity index is 1.55. The van der Waals surface area contributed by atoms with E-state index >= 15 is 0 Å². The molecule has 0 bridgehead atoms. The van der Waals surface area contributed by atoms with E-state index in [1.807, 2.05) is 0 Å². The van der Waals surface area contributed by atoms with Crippen molar-refractivity contribution in [3.63, 3.8) is 0 Å². The van der Waals surface area contributed by atoms with Crippen molar-refractivity contribution < 1.29 is 22.7 Å². The van der Waals surface area contributed by atoms with Crippen LogP contribution in [0.1, 0.15) is 0 Å². The van der Waals surface area contributed by atoms with Crippen LogP contribution in [0.3, 0.4) is 0 Å². The summed E-state index contributed by atoms with van der Waals surface area (Å²) in [5.41, 5.74) is -0.0436. The molecule has 3 N–H and O–H groups in total. The molecule has 8 nitrogen and oxygen atoms in total. The summed E-state index contributed by atoms with van der Waals surface area (Å²) in [4.78, 5) is 24.7. The minimum atomic E-state index is -3.87. The number of carbonyl (C=O) groups excluding carboxylic acids is 2. The first-order valence-electron chi connectivity index (χ1n) is 8.89. The quantitative estimate of drug-likeness (QED) is 0.567. The molecule has 1 aliphatic heterocycles. The highest BCUT2D eigenvalue weighted by molar-refractivity contribution is 8.00. The highest BCUT2D eigenvalue weighted by Gasteiger charge is 2.38. The molecule has 0 saturated carbocycles. The molecule has 160 valence electrons. The lowest BCUT2D eigenvalue weighted by Gasteiger charge is -2.29. The number of ether oxygens (including phenoxy) is 1. The number of amides is 2. The van der Waals surface area contributed by atoms with Gasteiger partial charge in [0.2, 0.25) is 11.8 Å². The van der Waals surface area contributed by atoms with Gasteiger partial charge in [0.1, 0.15) is 11.2 Å². The normalized spacial score (nSPS) is 19.1. The van der Waals surface area contributed by atoms with Crippen molar-refractivity contribution in [1.29, 1.82) is 0 Å². The van der Waals surface area contributed by atoms with Gasteiger partial charge in [-0.3, -0.25) is 14.9 Å². The summed E-state index contributed by atoms with van der Waals surface area (Å²) in [5, 5.41) is 7.43. The van der Waals surface area contributed by atoms with E-state index < -0.39 is 26.5 Å². The van der Waals surface area contributed by atoms with E-state index in [0.29, 0.717) is 16.5 Å². The molecular weight excluding hydrogens is 450 g/mol. The maximum absolute atomic E-state index is 12.7. The molecule has 2 aromatic rings. The van der Waals surface area contributed by atoms with Crippen molar-refractivity contribution in [1.82, 2.24) is 10.6 Å². The molecule has 3 rings (SSSR count). The third-order valence-corrected chi connectivity index (χ3v) is 7.69. The zero-order chi connectivity index (χ0) is 21.7. The lowest BCUT2D eigenvalue weighted by molar-refractivity contribution is -0.122. The Morgan fingerprint density at radius 2 is 1.93 bits per heavy atom. The van der Waals surface area contributed by atoms with Crippen molar-refractivity contribution in [2.45, 2.75) is 15.6 Å². The van der Waals surface area contributed by atoms with Gasteiger partial charge in [0.05, 0.1) is 23.4 Å². The highest BCUT2D eigenvalue weighted by atomic mass is 35.5. The fourth-order valence-electron chi connectivity index (χ4n) is 2.81. The number of halogens is 1. The van der Waals surface area contributed by atoms with Crippen LogP contribution in [0.25, 0.3) is 0 Å². The first kappa shape index (κ1) is 22.4. The maximum atomic E-state index is 12.7. The fourth-order valence-corrected chi connectivity index (χ4v) is 5.25. The Kier molecular flexibility index (Phi) is 7.24. The number of hydrogen-bond acceptors (Lipinski definition) is 7. The van der Waals surface area contributed by atoms with Crippen LogP contribution in [-0.4, -0.2) is 50.4 Å². The minimum Gasteiger partial charge on any atom is -0.495 e. The molecule has 11 heteroatoms. The fraction of sp³-hybridized carbons (Fsp3) is 0.263. The SMILES string of the molecule is COc1ccccc1NC(=O)CSC1NCC(S(=O)(=O)c2ccc(Cl)cc2)C(=O)N1. The average molecular weight is 470 g/mol. The molecule has 1 heterocycles. The second-order valence-electron chi connectivity index (χ2n) is 6.34. The van der Waals surface area contributed by atoms with Crippen LogP contribution in [0.15, 0.2) is 53.4 Å². The largest absolute Gasteiger partial charge is 0.495 e. The monoisotopic (exact) mass is 469 g/mol. The third-order valence-electron chi connectivity index (χ3n) is 4.33. The molecule has 2 aromatic carbocycles. The smallest absolute Gasteiger partial charge is 0.241 e. The third kappa shape index (κ3) is 5.25. The standard InChI is InChI=1S/C19H20ClN3O5S2/c1-28-15-5-3-2-4-14(15)22-17(24)11-29-19-21-10-16(18(25)23-19)30(26,27)13-8-6-12(20)7-9-13/h2-9,16,19,21H,10-11H2,1H3,(H,22,24)(H,23,25). The predicted octanol–water partition coefficient (Wildman–Crippen LogP) is 1.87. The van der Waals surface area contributed by atoms with Crippen LogP contribution in [0.4, 0.5) is 5.69 Å². The molecule has 1 fully saturated rings. The molecular formula is C19H20ClN3O5S2. The average Bonchev–Trinajstić information content (AvgIpc) is 2.73. The number of benzene rings is 2. The Labute approximate surface area is 183 Å². The molecule has 2 atom stereocenters. The number of methoxy groups -OCH3 is 1. The predicted molar refractivity (Wildman–Crippen MR) is 116 cm³/mol. The Morgan fingerprint density at radius 1 is 1.23 bits per heavy atom. The van der Waals surface area contributed by atoms with E-state index in [-0.39, 0.29) is 23.1 Å². The van der Waals surface area contributed by atoms with E-state index in [2.05, 4.69) is 16.0 Å². The number of rotatable bonds is 7. The van der Waals surface area contributed by atoms with Gasteiger partial charge in [0, 0.05) is 11.6 Å². The first-order chi connectivity index (χ1) is 14.3. The van der Waals surface area contributed by atoms with E-state index in [0.717, 1.165) is 11.8 Å². The van der Waals surface area contributed by atoms with Gasteiger partial charge in [-0.2, -0.15) is 0 Å². The topological polar surface area (TPSA) is 114 Å². The molecule has 2 amide bonds. The van der Waals surface area contributed by atoms with Crippen molar-refractivity contribution in [2.75, 3.05) is 24.7 Å². The number of para-hydroxylation sites is 2.